The molecule has 2 atom stereocenters. The number of imidazole rings is 1. The van der Waals surface area contributed by atoms with Gasteiger partial charge < -0.3 is 20.7 Å². The Bertz CT molecular complexity index is 530. The fourth-order valence-electron chi connectivity index (χ4n) is 2.26. The molecule has 0 saturated heterocycles. The maximum atomic E-state index is 13.3. The van der Waals surface area contributed by atoms with Crippen LogP contribution in [0.5, 0.6) is 0 Å². The Balaban J connectivity index is 2.75. The molecule has 9 heteroatoms. The largest absolute Gasteiger partial charge is 0.424 e. The lowest BCUT2D eigenvalue weighted by molar-refractivity contribution is -0.272. The van der Waals surface area contributed by atoms with E-state index in [1.54, 1.807) is 0 Å². The van der Waals surface area contributed by atoms with Gasteiger partial charge in [0.2, 0.25) is 11.5 Å². The number of rotatable bonds is 7. The Hall–Kier alpha value is -1.61. The first-order chi connectivity index (χ1) is 10.5. The van der Waals surface area contributed by atoms with Crippen LogP contribution in [-0.4, -0.2) is 39.3 Å². The average Bonchev–Trinajstić information content (AvgIpc) is 2.82. The van der Waals surface area contributed by atoms with Crippen LogP contribution in [0.25, 0.3) is 0 Å². The van der Waals surface area contributed by atoms with E-state index in [9.17, 15) is 23.1 Å². The molecule has 0 spiro atoms. The Kier molecular flexibility index (Phi) is 6.18. The van der Waals surface area contributed by atoms with Crippen molar-refractivity contribution in [1.29, 1.82) is 0 Å². The summed E-state index contributed by atoms with van der Waals surface area (Å²) in [5.41, 5.74) is 2.52. The highest BCUT2D eigenvalue weighted by Gasteiger charge is 2.57. The Morgan fingerprint density at radius 3 is 2.52 bits per heavy atom. The second-order valence-corrected chi connectivity index (χ2v) is 6.00. The molecule has 0 aliphatic heterocycles. The number of aliphatic hydroxyl groups is 1. The number of carbonyl (C=O) groups excluding carboxylic acids is 1. The van der Waals surface area contributed by atoms with Crippen molar-refractivity contribution in [2.75, 3.05) is 6.54 Å². The number of carbonyl (C=O) groups is 1. The van der Waals surface area contributed by atoms with Gasteiger partial charge in [0.05, 0.1) is 6.04 Å². The normalized spacial score (nSPS) is 16.2. The number of halogens is 3. The van der Waals surface area contributed by atoms with Gasteiger partial charge in [-0.25, -0.2) is 4.98 Å². The van der Waals surface area contributed by atoms with Crippen molar-refractivity contribution in [2.45, 2.75) is 44.5 Å². The van der Waals surface area contributed by atoms with Crippen molar-refractivity contribution in [1.82, 2.24) is 14.9 Å². The lowest BCUT2D eigenvalue weighted by Crippen LogP contribution is -2.48. The first-order valence-electron chi connectivity index (χ1n) is 7.29. The Labute approximate surface area is 132 Å². The molecule has 1 heterocycles. The van der Waals surface area contributed by atoms with Crippen LogP contribution < -0.4 is 11.1 Å². The average molecular weight is 336 g/mol. The molecule has 1 aromatic heterocycles. The molecule has 4 N–H and O–H groups in total. The van der Waals surface area contributed by atoms with E-state index >= 15 is 0 Å². The summed E-state index contributed by atoms with van der Waals surface area (Å²) >= 11 is 0. The standard InChI is InChI=1S/C14H23F3N4O2/c1-9(2)8-10(18)11(22)19-5-4-13(23,14(15,16)17)12-20-6-7-21(12)3/h6-7,9-10,23H,4-5,8,18H2,1-3H3,(H,19,22)/t10-,13?/m0/s1. The molecule has 132 valence electrons. The highest BCUT2D eigenvalue weighted by molar-refractivity contribution is 5.81. The summed E-state index contributed by atoms with van der Waals surface area (Å²) < 4.78 is 40.9. The number of alkyl halides is 3. The molecule has 1 rings (SSSR count). The predicted molar refractivity (Wildman–Crippen MR) is 78.2 cm³/mol. The van der Waals surface area contributed by atoms with Gasteiger partial charge in [-0.05, 0) is 12.3 Å². The van der Waals surface area contributed by atoms with Crippen LogP contribution in [0.1, 0.15) is 32.5 Å². The van der Waals surface area contributed by atoms with Crippen molar-refractivity contribution in [3.63, 3.8) is 0 Å². The Morgan fingerprint density at radius 2 is 2.09 bits per heavy atom. The van der Waals surface area contributed by atoms with Crippen LogP contribution in [0.2, 0.25) is 0 Å². The van der Waals surface area contributed by atoms with Crippen LogP contribution in [0.3, 0.4) is 0 Å². The summed E-state index contributed by atoms with van der Waals surface area (Å²) in [6.45, 7) is 3.40. The number of hydrogen-bond donors (Lipinski definition) is 3. The van der Waals surface area contributed by atoms with E-state index in [0.29, 0.717) is 6.42 Å². The van der Waals surface area contributed by atoms with Crippen molar-refractivity contribution in [2.24, 2.45) is 18.7 Å². The second-order valence-electron chi connectivity index (χ2n) is 6.00. The van der Waals surface area contributed by atoms with Gasteiger partial charge in [0.1, 0.15) is 5.82 Å². The van der Waals surface area contributed by atoms with Gasteiger partial charge >= 0.3 is 6.18 Å². The summed E-state index contributed by atoms with van der Waals surface area (Å²) in [6.07, 6.45) is -2.76. The third-order valence-corrected chi connectivity index (χ3v) is 3.51. The van der Waals surface area contributed by atoms with Crippen LogP contribution >= 0.6 is 0 Å². The molecule has 0 aliphatic rings. The first kappa shape index (κ1) is 19.4. The zero-order valence-corrected chi connectivity index (χ0v) is 13.4. The third kappa shape index (κ3) is 4.68. The van der Waals surface area contributed by atoms with E-state index in [2.05, 4.69) is 10.3 Å². The van der Waals surface area contributed by atoms with Gasteiger partial charge in [-0.1, -0.05) is 13.8 Å². The van der Waals surface area contributed by atoms with Gasteiger partial charge in [-0.3, -0.25) is 4.79 Å². The number of aromatic nitrogens is 2. The third-order valence-electron chi connectivity index (χ3n) is 3.51. The molecule has 0 fully saturated rings. The van der Waals surface area contributed by atoms with Gasteiger partial charge in [0, 0.05) is 32.4 Å². The molecular weight excluding hydrogens is 313 g/mol. The van der Waals surface area contributed by atoms with E-state index in [1.165, 1.54) is 19.4 Å². The quantitative estimate of drug-likeness (QED) is 0.694. The molecule has 1 unspecified atom stereocenters. The molecule has 0 radical (unpaired) electrons. The first-order valence-corrected chi connectivity index (χ1v) is 7.29. The van der Waals surface area contributed by atoms with Crippen molar-refractivity contribution in [3.05, 3.63) is 18.2 Å². The lowest BCUT2D eigenvalue weighted by Gasteiger charge is -2.30. The lowest BCUT2D eigenvalue weighted by atomic mass is 9.97. The fraction of sp³-hybridized carbons (Fsp3) is 0.714. The molecular formula is C14H23F3N4O2. The van der Waals surface area contributed by atoms with Gasteiger partial charge in [-0.15, -0.1) is 0 Å². The SMILES string of the molecule is CC(C)C[C@H](N)C(=O)NCCC(O)(c1nccn1C)C(F)(F)F. The smallest absolute Gasteiger partial charge is 0.374 e. The predicted octanol–water partition coefficient (Wildman–Crippen LogP) is 1.05. The summed E-state index contributed by atoms with van der Waals surface area (Å²) in [5.74, 6) is -0.871. The maximum absolute atomic E-state index is 13.3. The van der Waals surface area contributed by atoms with Crippen molar-refractivity contribution >= 4 is 5.91 Å². The number of nitrogens with one attached hydrogen (secondary N) is 1. The number of nitrogens with zero attached hydrogens (tertiary/aromatic N) is 2. The van der Waals surface area contributed by atoms with Crippen LogP contribution in [0.15, 0.2) is 12.4 Å². The molecule has 0 aliphatic carbocycles. The van der Waals surface area contributed by atoms with Gasteiger partial charge in [0.15, 0.2) is 0 Å². The molecule has 0 aromatic carbocycles. The second kappa shape index (κ2) is 7.31. The van der Waals surface area contributed by atoms with Crippen LogP contribution in [0, 0.1) is 5.92 Å². The Morgan fingerprint density at radius 1 is 1.48 bits per heavy atom. The van der Waals surface area contributed by atoms with Gasteiger partial charge in [-0.2, -0.15) is 13.2 Å². The van der Waals surface area contributed by atoms with E-state index in [-0.39, 0.29) is 12.5 Å². The fourth-order valence-corrected chi connectivity index (χ4v) is 2.26. The van der Waals surface area contributed by atoms with Crippen LogP contribution in [0.4, 0.5) is 13.2 Å². The van der Waals surface area contributed by atoms with Gasteiger partial charge in [0.25, 0.3) is 0 Å². The molecule has 23 heavy (non-hydrogen) atoms. The summed E-state index contributed by atoms with van der Waals surface area (Å²) in [5, 5.41) is 12.4. The van der Waals surface area contributed by atoms with Crippen LogP contribution in [-0.2, 0) is 17.4 Å². The number of nitrogens with two attached hydrogens (primary N) is 1. The number of aryl methyl sites for hydroxylation is 1. The summed E-state index contributed by atoms with van der Waals surface area (Å²) in [7, 11) is 1.36. The van der Waals surface area contributed by atoms with E-state index in [0.717, 1.165) is 4.57 Å². The van der Waals surface area contributed by atoms with E-state index < -0.39 is 36.0 Å². The van der Waals surface area contributed by atoms with E-state index in [1.807, 2.05) is 13.8 Å². The number of amides is 1. The summed E-state index contributed by atoms with van der Waals surface area (Å²) in [4.78, 5) is 15.3. The topological polar surface area (TPSA) is 93.2 Å². The zero-order valence-electron chi connectivity index (χ0n) is 13.4. The summed E-state index contributed by atoms with van der Waals surface area (Å²) in [6, 6.07) is -0.790. The van der Waals surface area contributed by atoms with E-state index in [4.69, 9.17) is 5.73 Å². The minimum atomic E-state index is -4.92. The molecule has 6 nitrogen and oxygen atoms in total. The molecule has 0 saturated carbocycles. The monoisotopic (exact) mass is 336 g/mol. The minimum absolute atomic E-state index is 0.190. The van der Waals surface area contributed by atoms with Crippen molar-refractivity contribution < 1.29 is 23.1 Å². The highest BCUT2D eigenvalue weighted by Crippen LogP contribution is 2.40. The molecule has 1 aromatic rings. The molecule has 1 amide bonds. The minimum Gasteiger partial charge on any atom is -0.374 e. The molecule has 0 bridgehead atoms. The maximum Gasteiger partial charge on any atom is 0.424 e. The number of hydrogen-bond acceptors (Lipinski definition) is 4. The van der Waals surface area contributed by atoms with Crippen molar-refractivity contribution in [3.8, 4) is 0 Å². The highest BCUT2D eigenvalue weighted by atomic mass is 19.4. The zero-order chi connectivity index (χ0) is 17.8.